The van der Waals surface area contributed by atoms with E-state index < -0.39 is 5.91 Å². The molecule has 0 unspecified atom stereocenters. The molecule has 7 nitrogen and oxygen atoms in total. The highest BCUT2D eigenvalue weighted by atomic mass is 16.2. The van der Waals surface area contributed by atoms with Crippen molar-refractivity contribution in [3.63, 3.8) is 0 Å². The zero-order valence-electron chi connectivity index (χ0n) is 16.7. The molecule has 0 spiro atoms. The van der Waals surface area contributed by atoms with Crippen molar-refractivity contribution in [1.82, 2.24) is 4.90 Å². The summed E-state index contributed by atoms with van der Waals surface area (Å²) >= 11 is 0. The normalized spacial score (nSPS) is 15.2. The Kier molecular flexibility index (Phi) is 5.35. The van der Waals surface area contributed by atoms with E-state index in [2.05, 4.69) is 10.6 Å². The van der Waals surface area contributed by atoms with Crippen LogP contribution in [-0.2, 0) is 4.79 Å². The van der Waals surface area contributed by atoms with Crippen molar-refractivity contribution < 1.29 is 19.2 Å². The van der Waals surface area contributed by atoms with Crippen LogP contribution in [0.3, 0.4) is 0 Å². The van der Waals surface area contributed by atoms with Gasteiger partial charge in [-0.25, -0.2) is 0 Å². The number of rotatable bonds is 7. The Labute approximate surface area is 174 Å². The van der Waals surface area contributed by atoms with Crippen LogP contribution in [0.15, 0.2) is 42.5 Å². The predicted octanol–water partition coefficient (Wildman–Crippen LogP) is 3.68. The zero-order chi connectivity index (χ0) is 21.3. The minimum Gasteiger partial charge on any atom is -0.326 e. The van der Waals surface area contributed by atoms with E-state index in [4.69, 9.17) is 0 Å². The Morgan fingerprint density at radius 1 is 0.967 bits per heavy atom. The van der Waals surface area contributed by atoms with Gasteiger partial charge in [0.05, 0.1) is 11.1 Å². The molecule has 0 radical (unpaired) electrons. The van der Waals surface area contributed by atoms with Gasteiger partial charge in [0.15, 0.2) is 0 Å². The molecule has 2 aromatic rings. The number of benzene rings is 2. The maximum Gasteiger partial charge on any atom is 0.261 e. The van der Waals surface area contributed by atoms with Crippen molar-refractivity contribution >= 4 is 35.0 Å². The highest BCUT2D eigenvalue weighted by molar-refractivity contribution is 6.22. The van der Waals surface area contributed by atoms with Crippen LogP contribution in [0.1, 0.15) is 63.7 Å². The van der Waals surface area contributed by atoms with Crippen LogP contribution < -0.4 is 10.6 Å². The third-order valence-electron chi connectivity index (χ3n) is 5.30. The number of imide groups is 1. The number of nitrogens with one attached hydrogen (secondary N) is 2. The van der Waals surface area contributed by atoms with E-state index in [0.717, 1.165) is 25.7 Å². The molecule has 0 saturated heterocycles. The van der Waals surface area contributed by atoms with Crippen molar-refractivity contribution in [1.29, 1.82) is 0 Å². The van der Waals surface area contributed by atoms with Gasteiger partial charge in [0, 0.05) is 29.4 Å². The lowest BCUT2D eigenvalue weighted by atomic mass is 10.1. The number of nitrogens with zero attached hydrogens (tertiary/aromatic N) is 1. The van der Waals surface area contributed by atoms with Crippen molar-refractivity contribution in [2.24, 2.45) is 5.92 Å². The third-order valence-corrected chi connectivity index (χ3v) is 5.30. The summed E-state index contributed by atoms with van der Waals surface area (Å²) in [4.78, 5) is 50.9. The lowest BCUT2D eigenvalue weighted by molar-refractivity contribution is -0.117. The van der Waals surface area contributed by atoms with E-state index in [9.17, 15) is 19.2 Å². The first-order valence-electron chi connectivity index (χ1n) is 10.2. The average molecular weight is 405 g/mol. The van der Waals surface area contributed by atoms with Crippen LogP contribution in [0.2, 0.25) is 0 Å². The highest BCUT2D eigenvalue weighted by Crippen LogP contribution is 2.30. The molecule has 0 atom stereocenters. The molecule has 1 aliphatic heterocycles. The standard InChI is InChI=1S/C23H23N3O4/c1-2-3-11-26-22(29)18-10-9-15(12-19(18)23(26)30)21(28)25-17-6-4-5-16(13-17)24-20(27)14-7-8-14/h4-6,9-10,12-14H,2-3,7-8,11H2,1H3,(H,24,27)(H,25,28). The number of anilines is 2. The summed E-state index contributed by atoms with van der Waals surface area (Å²) in [5.41, 5.74) is 2.03. The molecule has 7 heteroatoms. The molecule has 2 N–H and O–H groups in total. The maximum absolute atomic E-state index is 12.7. The summed E-state index contributed by atoms with van der Waals surface area (Å²) in [6.07, 6.45) is 3.45. The van der Waals surface area contributed by atoms with E-state index in [1.807, 2.05) is 6.92 Å². The molecule has 1 saturated carbocycles. The van der Waals surface area contributed by atoms with Gasteiger partial charge in [-0.2, -0.15) is 0 Å². The molecular weight excluding hydrogens is 382 g/mol. The lowest BCUT2D eigenvalue weighted by Gasteiger charge is -2.12. The first-order chi connectivity index (χ1) is 14.5. The Hall–Kier alpha value is -3.48. The van der Waals surface area contributed by atoms with Crippen LogP contribution in [0.4, 0.5) is 11.4 Å². The minimum atomic E-state index is -0.393. The molecule has 1 aliphatic carbocycles. The van der Waals surface area contributed by atoms with E-state index in [1.165, 1.54) is 17.0 Å². The molecule has 4 amide bonds. The van der Waals surface area contributed by atoms with Crippen molar-refractivity contribution in [2.45, 2.75) is 32.6 Å². The van der Waals surface area contributed by atoms with Gasteiger partial charge in [0.2, 0.25) is 5.91 Å². The van der Waals surface area contributed by atoms with Crippen LogP contribution in [0, 0.1) is 5.92 Å². The Balaban J connectivity index is 1.48. The van der Waals surface area contributed by atoms with Gasteiger partial charge in [-0.05, 0) is 55.7 Å². The van der Waals surface area contributed by atoms with Gasteiger partial charge in [0.1, 0.15) is 0 Å². The topological polar surface area (TPSA) is 95.6 Å². The van der Waals surface area contributed by atoms with Gasteiger partial charge < -0.3 is 10.6 Å². The second-order valence-electron chi connectivity index (χ2n) is 7.67. The zero-order valence-corrected chi connectivity index (χ0v) is 16.7. The fourth-order valence-electron chi connectivity index (χ4n) is 3.42. The average Bonchev–Trinajstić information content (AvgIpc) is 3.56. The van der Waals surface area contributed by atoms with Crippen LogP contribution in [0.5, 0.6) is 0 Å². The molecule has 30 heavy (non-hydrogen) atoms. The van der Waals surface area contributed by atoms with E-state index in [0.29, 0.717) is 29.0 Å². The van der Waals surface area contributed by atoms with Crippen LogP contribution in [0.25, 0.3) is 0 Å². The smallest absolute Gasteiger partial charge is 0.261 e. The van der Waals surface area contributed by atoms with Crippen molar-refractivity contribution in [3.8, 4) is 0 Å². The SMILES string of the molecule is CCCCN1C(=O)c2ccc(C(=O)Nc3cccc(NC(=O)C4CC4)c3)cc2C1=O. The Morgan fingerprint density at radius 2 is 1.67 bits per heavy atom. The van der Waals surface area contributed by atoms with Crippen molar-refractivity contribution in [2.75, 3.05) is 17.2 Å². The minimum absolute atomic E-state index is 0.00657. The first kappa shape index (κ1) is 19.8. The fraction of sp³-hybridized carbons (Fsp3) is 0.304. The number of carbonyl (C=O) groups is 4. The number of hydrogen-bond donors (Lipinski definition) is 2. The number of hydrogen-bond acceptors (Lipinski definition) is 4. The van der Waals surface area contributed by atoms with E-state index in [-0.39, 0.29) is 29.2 Å². The van der Waals surface area contributed by atoms with E-state index >= 15 is 0 Å². The molecule has 0 aromatic heterocycles. The van der Waals surface area contributed by atoms with Gasteiger partial charge in [-0.3, -0.25) is 24.1 Å². The molecule has 1 fully saturated rings. The lowest BCUT2D eigenvalue weighted by Crippen LogP contribution is -2.30. The van der Waals surface area contributed by atoms with Gasteiger partial charge in [-0.15, -0.1) is 0 Å². The molecular formula is C23H23N3O4. The molecule has 1 heterocycles. The first-order valence-corrected chi connectivity index (χ1v) is 10.2. The molecule has 2 aromatic carbocycles. The maximum atomic E-state index is 12.7. The largest absolute Gasteiger partial charge is 0.326 e. The summed E-state index contributed by atoms with van der Waals surface area (Å²) in [5, 5.41) is 5.62. The fourth-order valence-corrected chi connectivity index (χ4v) is 3.42. The molecule has 154 valence electrons. The predicted molar refractivity (Wildman–Crippen MR) is 112 cm³/mol. The van der Waals surface area contributed by atoms with Crippen LogP contribution in [-0.4, -0.2) is 35.1 Å². The third kappa shape index (κ3) is 3.96. The highest BCUT2D eigenvalue weighted by Gasteiger charge is 2.35. The van der Waals surface area contributed by atoms with Crippen LogP contribution >= 0.6 is 0 Å². The summed E-state index contributed by atoms with van der Waals surface area (Å²) in [6, 6.07) is 11.5. The van der Waals surface area contributed by atoms with Crippen molar-refractivity contribution in [3.05, 3.63) is 59.2 Å². The second kappa shape index (κ2) is 8.10. The van der Waals surface area contributed by atoms with Gasteiger partial charge in [-0.1, -0.05) is 19.4 Å². The number of carbonyl (C=O) groups excluding carboxylic acids is 4. The monoisotopic (exact) mass is 405 g/mol. The van der Waals surface area contributed by atoms with Gasteiger partial charge >= 0.3 is 0 Å². The summed E-state index contributed by atoms with van der Waals surface area (Å²) in [7, 11) is 0. The molecule has 0 bridgehead atoms. The Morgan fingerprint density at radius 3 is 2.37 bits per heavy atom. The quantitative estimate of drug-likeness (QED) is 0.687. The van der Waals surface area contributed by atoms with E-state index in [1.54, 1.807) is 30.3 Å². The number of fused-ring (bicyclic) bond motifs is 1. The second-order valence-corrected chi connectivity index (χ2v) is 7.67. The van der Waals surface area contributed by atoms with Gasteiger partial charge in [0.25, 0.3) is 17.7 Å². The number of unbranched alkanes of at least 4 members (excludes halogenated alkanes) is 1. The summed E-state index contributed by atoms with van der Waals surface area (Å²) in [6.45, 7) is 2.37. The summed E-state index contributed by atoms with van der Waals surface area (Å²) in [5.74, 6) is -0.979. The summed E-state index contributed by atoms with van der Waals surface area (Å²) < 4.78 is 0. The Bertz CT molecular complexity index is 1040. The number of amides is 4. The molecule has 2 aliphatic rings. The molecule has 4 rings (SSSR count).